The highest BCUT2D eigenvalue weighted by molar-refractivity contribution is 6.01. The van der Waals surface area contributed by atoms with Gasteiger partial charge < -0.3 is 4.98 Å². The minimum absolute atomic E-state index is 0.162. The Morgan fingerprint density at radius 1 is 0.737 bits per heavy atom. The lowest BCUT2D eigenvalue weighted by Crippen LogP contribution is -2.43. The number of amides is 4. The van der Waals surface area contributed by atoms with Gasteiger partial charge in [-0.15, -0.1) is 0 Å². The summed E-state index contributed by atoms with van der Waals surface area (Å²) < 4.78 is 1.45. The fourth-order valence-electron chi connectivity index (χ4n) is 4.87. The van der Waals surface area contributed by atoms with Crippen molar-refractivity contribution in [2.45, 2.75) is 77.2 Å². The highest BCUT2D eigenvalue weighted by atomic mass is 16.2. The van der Waals surface area contributed by atoms with Crippen molar-refractivity contribution in [2.24, 2.45) is 0 Å². The summed E-state index contributed by atoms with van der Waals surface area (Å²) in [7, 11) is 0. The number of nitrogens with one attached hydrogen (secondary N) is 3. The molecule has 2 aliphatic rings. The van der Waals surface area contributed by atoms with Gasteiger partial charge in [0.25, 0.3) is 0 Å². The van der Waals surface area contributed by atoms with Crippen LogP contribution in [0.2, 0.25) is 0 Å². The molecule has 2 saturated heterocycles. The lowest BCUT2D eigenvalue weighted by molar-refractivity contribution is -0.136. The molecule has 3 aromatic rings. The number of piperidine rings is 2. The molecule has 2 aliphatic heterocycles. The van der Waals surface area contributed by atoms with Gasteiger partial charge in [0.2, 0.25) is 23.6 Å². The van der Waals surface area contributed by atoms with Crippen molar-refractivity contribution in [3.63, 3.8) is 0 Å². The van der Waals surface area contributed by atoms with E-state index in [0.717, 1.165) is 16.6 Å². The number of hydrogen-bond donors (Lipinski definition) is 3. The minimum atomic E-state index is -0.631. The van der Waals surface area contributed by atoms with Crippen molar-refractivity contribution in [3.05, 3.63) is 69.6 Å². The number of rotatable bonds is 4. The second kappa shape index (κ2) is 11.2. The maximum absolute atomic E-state index is 12.2. The molecule has 0 saturated carbocycles. The van der Waals surface area contributed by atoms with E-state index in [1.807, 2.05) is 30.3 Å². The number of hydrogen-bond acceptors (Lipinski definition) is 5. The highest BCUT2D eigenvalue weighted by Gasteiger charge is 2.30. The Morgan fingerprint density at radius 2 is 1.32 bits per heavy atom. The smallest absolute Gasteiger partial charge is 0.306 e. The van der Waals surface area contributed by atoms with Crippen LogP contribution < -0.4 is 16.3 Å². The molecule has 9 nitrogen and oxygen atoms in total. The molecule has 4 amide bonds. The van der Waals surface area contributed by atoms with Gasteiger partial charge in [-0.05, 0) is 53.5 Å². The average molecular weight is 519 g/mol. The Morgan fingerprint density at radius 3 is 1.89 bits per heavy atom. The monoisotopic (exact) mass is 518 g/mol. The van der Waals surface area contributed by atoms with E-state index in [0.29, 0.717) is 36.6 Å². The second-order valence-electron chi connectivity index (χ2n) is 10.5. The topological polar surface area (TPSA) is 130 Å². The lowest BCUT2D eigenvalue weighted by atomic mass is 9.89. The Hall–Kier alpha value is -4.01. The van der Waals surface area contributed by atoms with Crippen molar-refractivity contribution in [1.29, 1.82) is 0 Å². The molecule has 0 aliphatic carbocycles. The van der Waals surface area contributed by atoms with Crippen molar-refractivity contribution in [2.75, 3.05) is 0 Å². The number of carbonyl (C=O) groups is 4. The summed E-state index contributed by atoms with van der Waals surface area (Å²) in [6.45, 7) is 8.44. The van der Waals surface area contributed by atoms with Crippen molar-refractivity contribution >= 4 is 34.7 Å². The molecule has 1 aromatic heterocycles. The number of imide groups is 2. The van der Waals surface area contributed by atoms with Gasteiger partial charge in [-0.3, -0.25) is 34.4 Å². The summed E-state index contributed by atoms with van der Waals surface area (Å²) in [6.07, 6.45) is 1.65. The number of imidazole rings is 1. The van der Waals surface area contributed by atoms with Gasteiger partial charge in [-0.25, -0.2) is 4.79 Å². The minimum Gasteiger partial charge on any atom is -0.306 e. The molecule has 2 fully saturated rings. The molecule has 3 heterocycles. The van der Waals surface area contributed by atoms with Crippen LogP contribution in [0.3, 0.4) is 0 Å². The summed E-state index contributed by atoms with van der Waals surface area (Å²) in [5.41, 5.74) is 4.48. The van der Waals surface area contributed by atoms with Crippen LogP contribution in [0.15, 0.2) is 47.3 Å². The van der Waals surface area contributed by atoms with Gasteiger partial charge in [0, 0.05) is 12.8 Å². The summed E-state index contributed by atoms with van der Waals surface area (Å²) in [5.74, 6) is -0.353. The van der Waals surface area contributed by atoms with Crippen LogP contribution in [0.1, 0.15) is 93.9 Å². The molecule has 2 aromatic carbocycles. The molecule has 38 heavy (non-hydrogen) atoms. The third-order valence-electron chi connectivity index (χ3n) is 7.17. The molecule has 0 radical (unpaired) electrons. The third-order valence-corrected chi connectivity index (χ3v) is 7.17. The molecule has 9 heteroatoms. The number of aromatic amines is 1. The van der Waals surface area contributed by atoms with E-state index in [4.69, 9.17) is 0 Å². The first-order valence-electron chi connectivity index (χ1n) is 13.1. The Bertz CT molecular complexity index is 1430. The largest absolute Gasteiger partial charge is 0.327 e. The highest BCUT2D eigenvalue weighted by Crippen LogP contribution is 2.27. The molecule has 2 unspecified atom stereocenters. The molecular formula is C29H34N4O5. The second-order valence-corrected chi connectivity index (χ2v) is 10.5. The zero-order valence-electron chi connectivity index (χ0n) is 22.2. The predicted octanol–water partition coefficient (Wildman–Crippen LogP) is 3.76. The van der Waals surface area contributed by atoms with Gasteiger partial charge in [-0.2, -0.15) is 0 Å². The van der Waals surface area contributed by atoms with Crippen LogP contribution in [0, 0.1) is 0 Å². The van der Waals surface area contributed by atoms with Crippen LogP contribution in [-0.2, 0) is 19.2 Å². The van der Waals surface area contributed by atoms with E-state index in [2.05, 4.69) is 55.4 Å². The Balaban J connectivity index is 0.000000181. The Kier molecular flexibility index (Phi) is 7.94. The van der Waals surface area contributed by atoms with Gasteiger partial charge in [0.05, 0.1) is 17.0 Å². The fourth-order valence-corrected chi connectivity index (χ4v) is 4.87. The average Bonchev–Trinajstić information content (AvgIpc) is 3.19. The standard InChI is InChI=1S/C15H17N3O3.C14H17NO2/c1-8(2)9-3-4-11-10(7-9)16-15(21)18(11)12-5-6-13(19)17-14(12)20;1-9(2)10-3-5-11(6-4-10)12-7-8-13(16)15-14(12)17/h3-4,7-8,12H,5-6H2,1-2H3,(H,16,21)(H,17,19,20);3-6,9,12H,7-8H2,1-2H3,(H,15,16,17). The maximum Gasteiger partial charge on any atom is 0.327 e. The van der Waals surface area contributed by atoms with E-state index in [9.17, 15) is 24.0 Å². The number of benzene rings is 2. The van der Waals surface area contributed by atoms with Gasteiger partial charge in [0.1, 0.15) is 6.04 Å². The number of aromatic nitrogens is 2. The summed E-state index contributed by atoms with van der Waals surface area (Å²) in [6, 6.07) is 13.2. The molecule has 3 N–H and O–H groups in total. The van der Waals surface area contributed by atoms with E-state index >= 15 is 0 Å². The summed E-state index contributed by atoms with van der Waals surface area (Å²) in [5, 5.41) is 4.68. The zero-order valence-corrected chi connectivity index (χ0v) is 22.2. The summed E-state index contributed by atoms with van der Waals surface area (Å²) in [4.78, 5) is 60.9. The quantitative estimate of drug-likeness (QED) is 0.453. The third kappa shape index (κ3) is 5.77. The first kappa shape index (κ1) is 27.0. The van der Waals surface area contributed by atoms with Crippen molar-refractivity contribution in [1.82, 2.24) is 20.2 Å². The lowest BCUT2D eigenvalue weighted by Gasteiger charge is -2.21. The van der Waals surface area contributed by atoms with E-state index in [1.165, 1.54) is 10.1 Å². The zero-order chi connectivity index (χ0) is 27.6. The molecule has 0 bridgehead atoms. The van der Waals surface area contributed by atoms with E-state index in [-0.39, 0.29) is 35.8 Å². The van der Waals surface area contributed by atoms with E-state index in [1.54, 1.807) is 0 Å². The maximum atomic E-state index is 12.2. The molecule has 5 rings (SSSR count). The van der Waals surface area contributed by atoms with Crippen LogP contribution in [0.25, 0.3) is 11.0 Å². The van der Waals surface area contributed by atoms with Gasteiger partial charge in [0.15, 0.2) is 0 Å². The van der Waals surface area contributed by atoms with Crippen LogP contribution in [0.4, 0.5) is 0 Å². The van der Waals surface area contributed by atoms with Crippen molar-refractivity contribution in [3.8, 4) is 0 Å². The molecule has 2 atom stereocenters. The normalized spacial score (nSPS) is 19.8. The van der Waals surface area contributed by atoms with Crippen molar-refractivity contribution < 1.29 is 19.2 Å². The van der Waals surface area contributed by atoms with Crippen LogP contribution in [-0.4, -0.2) is 33.2 Å². The molecular weight excluding hydrogens is 484 g/mol. The first-order valence-corrected chi connectivity index (χ1v) is 13.1. The van der Waals surface area contributed by atoms with Gasteiger partial charge >= 0.3 is 5.69 Å². The molecule has 200 valence electrons. The van der Waals surface area contributed by atoms with Crippen LogP contribution in [0.5, 0.6) is 0 Å². The van der Waals surface area contributed by atoms with Crippen LogP contribution >= 0.6 is 0 Å². The van der Waals surface area contributed by atoms with E-state index < -0.39 is 11.9 Å². The number of nitrogens with zero attached hydrogens (tertiary/aromatic N) is 1. The summed E-state index contributed by atoms with van der Waals surface area (Å²) >= 11 is 0. The first-order chi connectivity index (χ1) is 18.0. The van der Waals surface area contributed by atoms with Gasteiger partial charge in [-0.1, -0.05) is 58.0 Å². The SMILES string of the molecule is CC(C)c1ccc(C2CCC(=O)NC2=O)cc1.CC(C)c1ccc2c(c1)[nH]c(=O)n2C1CCC(=O)NC1=O. The number of H-pyrrole nitrogens is 1. The number of carbonyl (C=O) groups excluding carboxylic acids is 4. The molecule has 0 spiro atoms. The Labute approximate surface area is 221 Å². The predicted molar refractivity (Wildman–Crippen MR) is 144 cm³/mol. The fraction of sp³-hybridized carbons (Fsp3) is 0.414. The number of fused-ring (bicyclic) bond motifs is 1.